The van der Waals surface area contributed by atoms with E-state index in [1.807, 2.05) is 18.7 Å². The molecule has 5 rings (SSSR count). The summed E-state index contributed by atoms with van der Waals surface area (Å²) in [6, 6.07) is 14.3. The normalized spacial score (nSPS) is 14.0. The van der Waals surface area contributed by atoms with Gasteiger partial charge in [0.05, 0.1) is 29.5 Å². The van der Waals surface area contributed by atoms with Crippen molar-refractivity contribution in [1.82, 2.24) is 9.97 Å². The molecule has 0 bridgehead atoms. The Labute approximate surface area is 226 Å². The SMILES string of the molecule is CC1(C)CN(c2ccccc2NC(=O)Nc2ccc(OC(F)(F)F)cc2)c2c(O)ccc(-c3ncc(F)cn3)c21. The number of ether oxygens (including phenoxy) is 1. The number of rotatable bonds is 5. The number of nitrogens with one attached hydrogen (secondary N) is 2. The van der Waals surface area contributed by atoms with Crippen molar-refractivity contribution < 1.29 is 32.2 Å². The molecule has 1 aliphatic heterocycles. The maximum absolute atomic E-state index is 13.5. The highest BCUT2D eigenvalue weighted by Crippen LogP contribution is 2.53. The first-order chi connectivity index (χ1) is 18.9. The number of anilines is 4. The number of carbonyl (C=O) groups is 1. The quantitative estimate of drug-likeness (QED) is 0.231. The van der Waals surface area contributed by atoms with E-state index in [-0.39, 0.29) is 11.4 Å². The summed E-state index contributed by atoms with van der Waals surface area (Å²) in [5, 5.41) is 16.3. The fourth-order valence-corrected chi connectivity index (χ4v) is 4.77. The highest BCUT2D eigenvalue weighted by Gasteiger charge is 2.41. The first-order valence-electron chi connectivity index (χ1n) is 12.1. The first-order valence-corrected chi connectivity index (χ1v) is 12.1. The van der Waals surface area contributed by atoms with Gasteiger partial charge < -0.3 is 25.4 Å². The highest BCUT2D eigenvalue weighted by molar-refractivity contribution is 6.03. The third-order valence-corrected chi connectivity index (χ3v) is 6.31. The molecule has 12 heteroatoms. The Morgan fingerprint density at radius 3 is 2.35 bits per heavy atom. The van der Waals surface area contributed by atoms with Gasteiger partial charge in [0, 0.05) is 23.2 Å². The van der Waals surface area contributed by atoms with E-state index in [1.54, 1.807) is 30.3 Å². The van der Waals surface area contributed by atoms with Crippen molar-refractivity contribution >= 4 is 28.8 Å². The van der Waals surface area contributed by atoms with Crippen molar-refractivity contribution in [2.45, 2.75) is 25.6 Å². The average molecular weight is 554 g/mol. The lowest BCUT2D eigenvalue weighted by Crippen LogP contribution is -2.27. The molecule has 0 atom stereocenters. The summed E-state index contributed by atoms with van der Waals surface area (Å²) in [6.07, 6.45) is -2.66. The molecule has 2 heterocycles. The number of hydrogen-bond donors (Lipinski definition) is 3. The van der Waals surface area contributed by atoms with Crippen LogP contribution in [0.5, 0.6) is 11.5 Å². The zero-order chi connectivity index (χ0) is 28.7. The molecule has 1 aliphatic rings. The molecule has 0 aliphatic carbocycles. The van der Waals surface area contributed by atoms with Crippen LogP contribution in [0.4, 0.5) is 45.1 Å². The van der Waals surface area contributed by atoms with Crippen LogP contribution in [0.3, 0.4) is 0 Å². The van der Waals surface area contributed by atoms with Crippen molar-refractivity contribution in [3.63, 3.8) is 0 Å². The predicted octanol–water partition coefficient (Wildman–Crippen LogP) is 6.96. The van der Waals surface area contributed by atoms with E-state index < -0.39 is 29.4 Å². The number of alkyl halides is 3. The number of fused-ring (bicyclic) bond motifs is 1. The number of amides is 2. The Morgan fingerprint density at radius 2 is 1.68 bits per heavy atom. The molecule has 0 radical (unpaired) electrons. The number of nitrogens with zero attached hydrogens (tertiary/aromatic N) is 3. The van der Waals surface area contributed by atoms with E-state index in [9.17, 15) is 27.5 Å². The topological polar surface area (TPSA) is 99.6 Å². The number of phenols is 1. The summed E-state index contributed by atoms with van der Waals surface area (Å²) in [4.78, 5) is 22.9. The lowest BCUT2D eigenvalue weighted by molar-refractivity contribution is -0.274. The summed E-state index contributed by atoms with van der Waals surface area (Å²) < 4.78 is 54.6. The number of carbonyl (C=O) groups excluding carboxylic acids is 1. The van der Waals surface area contributed by atoms with Gasteiger partial charge in [-0.25, -0.2) is 19.2 Å². The first kappa shape index (κ1) is 26.7. The predicted molar refractivity (Wildman–Crippen MR) is 141 cm³/mol. The van der Waals surface area contributed by atoms with Crippen LogP contribution in [0.1, 0.15) is 19.4 Å². The maximum atomic E-state index is 13.5. The Bertz CT molecular complexity index is 1560. The van der Waals surface area contributed by atoms with Crippen molar-refractivity contribution in [3.8, 4) is 22.9 Å². The van der Waals surface area contributed by atoms with Gasteiger partial charge in [0.1, 0.15) is 11.5 Å². The molecule has 206 valence electrons. The molecule has 4 aromatic rings. The van der Waals surface area contributed by atoms with Crippen molar-refractivity contribution in [1.29, 1.82) is 0 Å². The molecule has 8 nitrogen and oxygen atoms in total. The van der Waals surface area contributed by atoms with Crippen LogP contribution in [-0.2, 0) is 5.41 Å². The van der Waals surface area contributed by atoms with Crippen LogP contribution in [0.25, 0.3) is 11.4 Å². The third kappa shape index (κ3) is 5.46. The lowest BCUT2D eigenvalue weighted by atomic mass is 9.83. The molecule has 2 amide bonds. The van der Waals surface area contributed by atoms with Gasteiger partial charge in [-0.1, -0.05) is 26.0 Å². The molecule has 0 saturated carbocycles. The number of hydrogen-bond acceptors (Lipinski definition) is 6. The minimum Gasteiger partial charge on any atom is -0.506 e. The number of urea groups is 1. The largest absolute Gasteiger partial charge is 0.573 e. The Kier molecular flexibility index (Phi) is 6.70. The van der Waals surface area contributed by atoms with E-state index in [1.165, 1.54) is 18.2 Å². The lowest BCUT2D eigenvalue weighted by Gasteiger charge is -2.25. The van der Waals surface area contributed by atoms with Crippen LogP contribution >= 0.6 is 0 Å². The second kappa shape index (κ2) is 10.0. The number of aromatic hydroxyl groups is 1. The molecule has 0 fully saturated rings. The average Bonchev–Trinajstić information content (AvgIpc) is 3.17. The van der Waals surface area contributed by atoms with Crippen molar-refractivity contribution in [3.05, 3.63) is 84.4 Å². The number of benzene rings is 3. The number of phenolic OH excluding ortho intramolecular Hbond substituents is 1. The van der Waals surface area contributed by atoms with E-state index in [4.69, 9.17) is 0 Å². The van der Waals surface area contributed by atoms with Gasteiger partial charge in [0.25, 0.3) is 0 Å². The Balaban J connectivity index is 1.43. The Morgan fingerprint density at radius 1 is 1.00 bits per heavy atom. The van der Waals surface area contributed by atoms with Crippen LogP contribution in [-0.4, -0.2) is 34.0 Å². The third-order valence-electron chi connectivity index (χ3n) is 6.31. The molecule has 3 aromatic carbocycles. The van der Waals surface area contributed by atoms with Crippen LogP contribution in [0, 0.1) is 5.82 Å². The highest BCUT2D eigenvalue weighted by atomic mass is 19.4. The number of halogens is 4. The summed E-state index contributed by atoms with van der Waals surface area (Å²) in [5.74, 6) is -0.662. The van der Waals surface area contributed by atoms with E-state index in [0.717, 1.165) is 30.1 Å². The van der Waals surface area contributed by atoms with Crippen LogP contribution in [0.2, 0.25) is 0 Å². The van der Waals surface area contributed by atoms with Gasteiger partial charge in [0.15, 0.2) is 11.6 Å². The second-order valence-corrected chi connectivity index (χ2v) is 9.72. The maximum Gasteiger partial charge on any atom is 0.573 e. The monoisotopic (exact) mass is 553 g/mol. The number of aromatic nitrogens is 2. The minimum atomic E-state index is -4.82. The minimum absolute atomic E-state index is 0.00635. The zero-order valence-corrected chi connectivity index (χ0v) is 21.3. The molecule has 1 aromatic heterocycles. The molecule has 40 heavy (non-hydrogen) atoms. The van der Waals surface area contributed by atoms with Gasteiger partial charge in [-0.3, -0.25) is 0 Å². The van der Waals surface area contributed by atoms with Gasteiger partial charge in [0.2, 0.25) is 0 Å². The smallest absolute Gasteiger partial charge is 0.506 e. The summed E-state index contributed by atoms with van der Waals surface area (Å²) in [6.45, 7) is 4.41. The molecular weight excluding hydrogens is 530 g/mol. The van der Waals surface area contributed by atoms with E-state index in [2.05, 4.69) is 25.3 Å². The molecule has 0 unspecified atom stereocenters. The number of para-hydroxylation sites is 2. The van der Waals surface area contributed by atoms with Gasteiger partial charge in [-0.15, -0.1) is 13.2 Å². The van der Waals surface area contributed by atoms with Gasteiger partial charge >= 0.3 is 12.4 Å². The molecule has 3 N–H and O–H groups in total. The van der Waals surface area contributed by atoms with Crippen LogP contribution in [0.15, 0.2) is 73.1 Å². The second-order valence-electron chi connectivity index (χ2n) is 9.72. The molecule has 0 saturated heterocycles. The van der Waals surface area contributed by atoms with Gasteiger partial charge in [-0.2, -0.15) is 0 Å². The fourth-order valence-electron chi connectivity index (χ4n) is 4.77. The van der Waals surface area contributed by atoms with Crippen molar-refractivity contribution in [2.75, 3.05) is 22.1 Å². The van der Waals surface area contributed by atoms with Crippen LogP contribution < -0.4 is 20.3 Å². The zero-order valence-electron chi connectivity index (χ0n) is 21.3. The van der Waals surface area contributed by atoms with E-state index >= 15 is 0 Å². The standard InChI is InChI=1S/C28H23F4N5O3/c1-27(2)15-37(24-22(38)12-11-19(23(24)27)25-33-13-16(29)14-34-25)21-6-4-3-5-20(21)36-26(39)35-17-7-9-18(10-8-17)40-28(30,31)32/h3-14,38H,15H2,1-2H3,(H2,35,36,39). The van der Waals surface area contributed by atoms with Gasteiger partial charge in [-0.05, 0) is 54.1 Å². The summed E-state index contributed by atoms with van der Waals surface area (Å²) in [7, 11) is 0. The van der Waals surface area contributed by atoms with E-state index in [0.29, 0.717) is 35.0 Å². The Hall–Kier alpha value is -4.87. The fraction of sp³-hybridized carbons (Fsp3) is 0.179. The van der Waals surface area contributed by atoms with Crippen molar-refractivity contribution in [2.24, 2.45) is 0 Å². The summed E-state index contributed by atoms with van der Waals surface area (Å²) >= 11 is 0. The molecular formula is C28H23F4N5O3. The summed E-state index contributed by atoms with van der Waals surface area (Å²) in [5.41, 5.74) is 2.66. The molecule has 0 spiro atoms.